The lowest BCUT2D eigenvalue weighted by Crippen LogP contribution is -2.44. The van der Waals surface area contributed by atoms with E-state index >= 15 is 0 Å². The Labute approximate surface area is 161 Å². The molecule has 0 bridgehead atoms. The first kappa shape index (κ1) is 19.3. The number of hydrogen-bond acceptors (Lipinski definition) is 8. The van der Waals surface area contributed by atoms with E-state index in [1.54, 1.807) is 0 Å². The third-order valence-corrected chi connectivity index (χ3v) is 4.64. The molecule has 0 atom stereocenters. The van der Waals surface area contributed by atoms with Crippen LogP contribution in [0.1, 0.15) is 31.2 Å². The molecule has 3 heterocycles. The molecule has 0 unspecified atom stereocenters. The number of aromatic nitrogens is 4. The highest BCUT2D eigenvalue weighted by Gasteiger charge is 2.15. The summed E-state index contributed by atoms with van der Waals surface area (Å²) in [4.78, 5) is 24.7. The van der Waals surface area contributed by atoms with E-state index in [2.05, 4.69) is 68.1 Å². The molecule has 8 nitrogen and oxygen atoms in total. The van der Waals surface area contributed by atoms with Crippen LogP contribution < -0.4 is 15.1 Å². The summed E-state index contributed by atoms with van der Waals surface area (Å²) < 4.78 is 0. The van der Waals surface area contributed by atoms with Crippen molar-refractivity contribution in [3.8, 4) is 0 Å². The van der Waals surface area contributed by atoms with E-state index in [1.807, 2.05) is 25.2 Å². The molecule has 0 aromatic carbocycles. The van der Waals surface area contributed by atoms with Crippen LogP contribution in [0.3, 0.4) is 0 Å². The molecule has 3 rings (SSSR count). The first-order valence-electron chi connectivity index (χ1n) is 9.48. The molecule has 0 spiro atoms. The first-order valence-corrected chi connectivity index (χ1v) is 9.48. The van der Waals surface area contributed by atoms with Crippen LogP contribution in [0.2, 0.25) is 0 Å². The van der Waals surface area contributed by atoms with E-state index in [0.717, 1.165) is 43.4 Å². The maximum atomic E-state index is 4.64. The van der Waals surface area contributed by atoms with E-state index in [9.17, 15) is 0 Å². The Kier molecular flexibility index (Phi) is 6.05. The van der Waals surface area contributed by atoms with E-state index in [4.69, 9.17) is 0 Å². The predicted molar refractivity (Wildman–Crippen MR) is 110 cm³/mol. The Bertz CT molecular complexity index is 710. The minimum absolute atomic E-state index is 0.247. The van der Waals surface area contributed by atoms with Crippen molar-refractivity contribution < 1.29 is 0 Å². The third-order valence-electron chi connectivity index (χ3n) is 4.64. The van der Waals surface area contributed by atoms with Crippen molar-refractivity contribution in [1.82, 2.24) is 24.8 Å². The van der Waals surface area contributed by atoms with Crippen molar-refractivity contribution in [3.63, 3.8) is 0 Å². The molecule has 146 valence electrons. The van der Waals surface area contributed by atoms with Crippen LogP contribution in [0, 0.1) is 0 Å². The normalized spacial score (nSPS) is 15.3. The lowest BCUT2D eigenvalue weighted by molar-refractivity contribution is 0.312. The number of nitrogens with zero attached hydrogens (tertiary/aromatic N) is 7. The van der Waals surface area contributed by atoms with Gasteiger partial charge in [-0.2, -0.15) is 15.0 Å². The fraction of sp³-hybridized carbons (Fsp3) is 0.579. The monoisotopic (exact) mass is 370 g/mol. The van der Waals surface area contributed by atoms with Gasteiger partial charge in [0.05, 0.1) is 0 Å². The molecule has 1 N–H and O–H groups in total. The Hall–Kier alpha value is -2.48. The number of anilines is 3. The van der Waals surface area contributed by atoms with Crippen molar-refractivity contribution >= 4 is 17.7 Å². The van der Waals surface area contributed by atoms with Crippen LogP contribution >= 0.6 is 0 Å². The third kappa shape index (κ3) is 5.03. The van der Waals surface area contributed by atoms with Gasteiger partial charge >= 0.3 is 0 Å². The van der Waals surface area contributed by atoms with Gasteiger partial charge in [0.2, 0.25) is 11.9 Å². The molecule has 0 amide bonds. The van der Waals surface area contributed by atoms with Gasteiger partial charge in [-0.05, 0) is 18.7 Å². The minimum Gasteiger partial charge on any atom is -0.354 e. The van der Waals surface area contributed by atoms with Crippen LogP contribution in [0.15, 0.2) is 18.3 Å². The summed E-state index contributed by atoms with van der Waals surface area (Å²) in [7, 11) is 6.03. The molecular weight excluding hydrogens is 340 g/mol. The summed E-state index contributed by atoms with van der Waals surface area (Å²) in [5, 5.41) is 3.31. The molecule has 1 aliphatic rings. The van der Waals surface area contributed by atoms with Gasteiger partial charge in [-0.3, -0.25) is 0 Å². The Morgan fingerprint density at radius 1 is 1.07 bits per heavy atom. The molecule has 0 saturated carbocycles. The van der Waals surface area contributed by atoms with E-state index in [-0.39, 0.29) is 5.92 Å². The minimum atomic E-state index is 0.247. The smallest absolute Gasteiger partial charge is 0.229 e. The second-order valence-electron chi connectivity index (χ2n) is 7.53. The molecule has 1 aliphatic heterocycles. The van der Waals surface area contributed by atoms with Crippen LogP contribution in [0.5, 0.6) is 0 Å². The average molecular weight is 371 g/mol. The van der Waals surface area contributed by atoms with E-state index in [1.165, 1.54) is 0 Å². The molecule has 2 aromatic rings. The van der Waals surface area contributed by atoms with Crippen molar-refractivity contribution in [3.05, 3.63) is 29.7 Å². The van der Waals surface area contributed by atoms with Crippen molar-refractivity contribution in [2.45, 2.75) is 26.3 Å². The maximum absolute atomic E-state index is 4.64. The molecule has 1 fully saturated rings. The van der Waals surface area contributed by atoms with Gasteiger partial charge < -0.3 is 20.0 Å². The first-order chi connectivity index (χ1) is 12.9. The largest absolute Gasteiger partial charge is 0.354 e. The number of pyridine rings is 1. The summed E-state index contributed by atoms with van der Waals surface area (Å²) in [6.45, 7) is 9.01. The quantitative estimate of drug-likeness (QED) is 0.825. The molecule has 1 saturated heterocycles. The summed E-state index contributed by atoms with van der Waals surface area (Å²) in [6.07, 6.45) is 1.93. The van der Waals surface area contributed by atoms with Crippen LogP contribution in [-0.4, -0.2) is 72.2 Å². The molecule has 2 aromatic heterocycles. The lowest BCUT2D eigenvalue weighted by atomic mass is 10.2. The van der Waals surface area contributed by atoms with Gasteiger partial charge in [-0.15, -0.1) is 0 Å². The maximum Gasteiger partial charge on any atom is 0.229 e. The zero-order valence-corrected chi connectivity index (χ0v) is 17.0. The zero-order valence-electron chi connectivity index (χ0n) is 17.0. The predicted octanol–water partition coefficient (Wildman–Crippen LogP) is 1.82. The highest BCUT2D eigenvalue weighted by atomic mass is 15.3. The highest BCUT2D eigenvalue weighted by molar-refractivity contribution is 5.41. The van der Waals surface area contributed by atoms with Crippen LogP contribution in [-0.2, 0) is 6.54 Å². The summed E-state index contributed by atoms with van der Waals surface area (Å²) in [5.74, 6) is 3.35. The standard InChI is InChI=1S/C19H30N8/c1-14(2)17-22-18(24-19(23-17)25(3)4)21-13-15-6-7-16(20-12-15)27-10-8-26(5)9-11-27/h6-7,12,14H,8-11,13H2,1-5H3,(H,21,22,23,24). The number of likely N-dealkylation sites (N-methyl/N-ethyl adjacent to an activating group) is 1. The molecule has 8 heteroatoms. The van der Waals surface area contributed by atoms with E-state index in [0.29, 0.717) is 18.4 Å². The number of hydrogen-bond donors (Lipinski definition) is 1. The molecule has 0 radical (unpaired) electrons. The summed E-state index contributed by atoms with van der Waals surface area (Å²) >= 11 is 0. The topological polar surface area (TPSA) is 73.3 Å². The van der Waals surface area contributed by atoms with Gasteiger partial charge in [0.1, 0.15) is 11.6 Å². The molecular formula is C19H30N8. The SMILES string of the molecule is CC(C)c1nc(NCc2ccc(N3CCN(C)CC3)nc2)nc(N(C)C)n1. The van der Waals surface area contributed by atoms with Crippen molar-refractivity contribution in [2.75, 3.05) is 62.4 Å². The second-order valence-corrected chi connectivity index (χ2v) is 7.53. The summed E-state index contributed by atoms with van der Waals surface area (Å²) in [6, 6.07) is 4.21. The fourth-order valence-electron chi connectivity index (χ4n) is 2.84. The molecule has 0 aliphatic carbocycles. The van der Waals surface area contributed by atoms with Gasteiger partial charge in [-0.25, -0.2) is 4.98 Å². The van der Waals surface area contributed by atoms with Gasteiger partial charge in [0, 0.05) is 58.9 Å². The average Bonchev–Trinajstić information content (AvgIpc) is 2.67. The summed E-state index contributed by atoms with van der Waals surface area (Å²) in [5.41, 5.74) is 1.10. The van der Waals surface area contributed by atoms with Gasteiger partial charge in [0.15, 0.2) is 0 Å². The van der Waals surface area contributed by atoms with Crippen molar-refractivity contribution in [2.24, 2.45) is 0 Å². The fourth-order valence-corrected chi connectivity index (χ4v) is 2.84. The Morgan fingerprint density at radius 3 is 2.41 bits per heavy atom. The Balaban J connectivity index is 1.64. The zero-order chi connectivity index (χ0) is 19.4. The van der Waals surface area contributed by atoms with Crippen molar-refractivity contribution in [1.29, 1.82) is 0 Å². The number of rotatable bonds is 6. The van der Waals surface area contributed by atoms with E-state index < -0.39 is 0 Å². The number of nitrogens with one attached hydrogen (secondary N) is 1. The second kappa shape index (κ2) is 8.47. The number of piperazine rings is 1. The Morgan fingerprint density at radius 2 is 1.81 bits per heavy atom. The lowest BCUT2D eigenvalue weighted by Gasteiger charge is -2.33. The van der Waals surface area contributed by atoms with Gasteiger partial charge in [0.25, 0.3) is 0 Å². The van der Waals surface area contributed by atoms with Gasteiger partial charge in [-0.1, -0.05) is 19.9 Å². The highest BCUT2D eigenvalue weighted by Crippen LogP contribution is 2.17. The molecule has 27 heavy (non-hydrogen) atoms. The van der Waals surface area contributed by atoms with Crippen LogP contribution in [0.4, 0.5) is 17.7 Å². The van der Waals surface area contributed by atoms with Crippen LogP contribution in [0.25, 0.3) is 0 Å².